The molecule has 0 unspecified atom stereocenters. The van der Waals surface area contributed by atoms with Crippen LogP contribution in [0.1, 0.15) is 13.3 Å². The van der Waals surface area contributed by atoms with Gasteiger partial charge in [-0.25, -0.2) is 0 Å². The summed E-state index contributed by atoms with van der Waals surface area (Å²) >= 11 is 0. The monoisotopic (exact) mass is 352 g/mol. The van der Waals surface area contributed by atoms with Crippen LogP contribution in [0.4, 0.5) is 18.9 Å². The molecule has 2 rings (SSSR count). The van der Waals surface area contributed by atoms with Crippen LogP contribution in [0, 0.1) is 0 Å². The molecule has 0 aromatic heterocycles. The zero-order chi connectivity index (χ0) is 18.1. The molecule has 134 valence electrons. The maximum Gasteiger partial charge on any atom is 0.573 e. The third kappa shape index (κ3) is 7.07. The van der Waals surface area contributed by atoms with E-state index in [0.717, 1.165) is 12.1 Å². The second-order valence-corrected chi connectivity index (χ2v) is 5.02. The van der Waals surface area contributed by atoms with Crippen LogP contribution in [-0.4, -0.2) is 13.0 Å². The predicted octanol–water partition coefficient (Wildman–Crippen LogP) is 5.26. The van der Waals surface area contributed by atoms with Crippen molar-refractivity contribution in [3.63, 3.8) is 0 Å². The molecule has 0 radical (unpaired) electrons. The highest BCUT2D eigenvalue weighted by Gasteiger charge is 2.30. The van der Waals surface area contributed by atoms with Crippen molar-refractivity contribution < 1.29 is 22.6 Å². The number of allylic oxidation sites excluding steroid dienone is 1. The summed E-state index contributed by atoms with van der Waals surface area (Å²) < 4.78 is 45.9. The maximum absolute atomic E-state index is 12.1. The van der Waals surface area contributed by atoms with Gasteiger partial charge in [-0.2, -0.15) is 0 Å². The molecule has 2 aromatic carbocycles. The molecule has 0 spiro atoms. The van der Waals surface area contributed by atoms with Gasteiger partial charge in [0, 0.05) is 11.8 Å². The minimum absolute atomic E-state index is 0.290. The van der Waals surface area contributed by atoms with Gasteiger partial charge in [0.15, 0.2) is 0 Å². The van der Waals surface area contributed by atoms with Crippen molar-refractivity contribution in [3.05, 3.63) is 60.8 Å². The molecule has 0 aliphatic rings. The van der Waals surface area contributed by atoms with Crippen molar-refractivity contribution in [1.82, 2.24) is 5.32 Å². The van der Waals surface area contributed by atoms with E-state index in [9.17, 15) is 13.2 Å². The van der Waals surface area contributed by atoms with Gasteiger partial charge in [0.25, 0.3) is 0 Å². The Labute approximate surface area is 144 Å². The number of hydrogen-bond acceptors (Lipinski definition) is 4. The lowest BCUT2D eigenvalue weighted by Gasteiger charge is -2.11. The summed E-state index contributed by atoms with van der Waals surface area (Å²) in [6.45, 7) is 2.61. The molecule has 0 amide bonds. The van der Waals surface area contributed by atoms with Crippen molar-refractivity contribution in [3.8, 4) is 17.2 Å². The third-order valence-corrected chi connectivity index (χ3v) is 2.99. The number of alkyl halides is 3. The van der Waals surface area contributed by atoms with Crippen LogP contribution in [0.25, 0.3) is 0 Å². The van der Waals surface area contributed by atoms with Gasteiger partial charge < -0.3 is 20.1 Å². The third-order valence-electron chi connectivity index (χ3n) is 2.99. The molecule has 0 saturated heterocycles. The van der Waals surface area contributed by atoms with Gasteiger partial charge in [0.2, 0.25) is 0 Å². The zero-order valence-electron chi connectivity index (χ0n) is 13.6. The van der Waals surface area contributed by atoms with Crippen molar-refractivity contribution in [2.75, 3.05) is 12.0 Å². The first-order valence-corrected chi connectivity index (χ1v) is 7.72. The Kier molecular flexibility index (Phi) is 6.56. The number of ether oxygens (including phenoxy) is 2. The molecule has 2 N–H and O–H groups in total. The minimum Gasteiger partial charge on any atom is -0.457 e. The molecule has 7 heteroatoms. The van der Waals surface area contributed by atoms with Crippen LogP contribution in [0.15, 0.2) is 60.8 Å². The Morgan fingerprint density at radius 2 is 1.72 bits per heavy atom. The smallest absolute Gasteiger partial charge is 0.457 e. The standard InChI is InChI=1S/C18H19F3N2O2/c1-2-3-11-22-13-23-14-5-4-6-17(12-14)24-15-7-9-16(10-8-15)25-18(19,20)21/h3-12,22-23H,2,13H2,1H3/b11-3+. The lowest BCUT2D eigenvalue weighted by atomic mass is 10.3. The molecule has 0 fully saturated rings. The molecule has 0 bridgehead atoms. The first kappa shape index (κ1) is 18.5. The van der Waals surface area contributed by atoms with Crippen LogP contribution >= 0.6 is 0 Å². The normalized spacial score (nSPS) is 11.4. The lowest BCUT2D eigenvalue weighted by molar-refractivity contribution is -0.274. The highest BCUT2D eigenvalue weighted by atomic mass is 19.4. The average molecular weight is 352 g/mol. The predicted molar refractivity (Wildman–Crippen MR) is 90.7 cm³/mol. The molecule has 2 aromatic rings. The van der Waals surface area contributed by atoms with Crippen LogP contribution in [0.5, 0.6) is 17.2 Å². The van der Waals surface area contributed by atoms with E-state index in [1.165, 1.54) is 24.3 Å². The molecule has 0 atom stereocenters. The minimum atomic E-state index is -4.71. The summed E-state index contributed by atoms with van der Waals surface area (Å²) in [7, 11) is 0. The fourth-order valence-corrected chi connectivity index (χ4v) is 1.93. The molecule has 0 aliphatic carbocycles. The van der Waals surface area contributed by atoms with Gasteiger partial charge >= 0.3 is 6.36 Å². The summed E-state index contributed by atoms with van der Waals surface area (Å²) in [5.41, 5.74) is 0.854. The van der Waals surface area contributed by atoms with E-state index < -0.39 is 6.36 Å². The van der Waals surface area contributed by atoms with Gasteiger partial charge in [-0.05, 0) is 49.0 Å². The van der Waals surface area contributed by atoms with E-state index in [1.807, 2.05) is 31.3 Å². The summed E-state index contributed by atoms with van der Waals surface area (Å²) in [6, 6.07) is 12.5. The van der Waals surface area contributed by atoms with Gasteiger partial charge in [-0.15, -0.1) is 13.2 Å². The first-order valence-electron chi connectivity index (χ1n) is 7.72. The lowest BCUT2D eigenvalue weighted by Crippen LogP contribution is -2.16. The van der Waals surface area contributed by atoms with Gasteiger partial charge in [-0.1, -0.05) is 19.1 Å². The van der Waals surface area contributed by atoms with Crippen LogP contribution < -0.4 is 20.1 Å². The highest BCUT2D eigenvalue weighted by Crippen LogP contribution is 2.28. The van der Waals surface area contributed by atoms with E-state index in [0.29, 0.717) is 18.2 Å². The fourth-order valence-electron chi connectivity index (χ4n) is 1.93. The Balaban J connectivity index is 1.91. The van der Waals surface area contributed by atoms with E-state index in [-0.39, 0.29) is 5.75 Å². The quantitative estimate of drug-likeness (QED) is 0.502. The van der Waals surface area contributed by atoms with Crippen LogP contribution in [0.3, 0.4) is 0 Å². The highest BCUT2D eigenvalue weighted by molar-refractivity contribution is 5.49. The van der Waals surface area contributed by atoms with Gasteiger partial charge in [-0.3, -0.25) is 0 Å². The van der Waals surface area contributed by atoms with Gasteiger partial charge in [0.1, 0.15) is 17.2 Å². The fraction of sp³-hybridized carbons (Fsp3) is 0.222. The second-order valence-electron chi connectivity index (χ2n) is 5.02. The number of rotatable bonds is 8. The number of hydrogen-bond donors (Lipinski definition) is 2. The Hall–Kier alpha value is -2.83. The Bertz CT molecular complexity index is 685. The van der Waals surface area contributed by atoms with Crippen LogP contribution in [-0.2, 0) is 0 Å². The molecule has 4 nitrogen and oxygen atoms in total. The van der Waals surface area contributed by atoms with Crippen molar-refractivity contribution in [2.45, 2.75) is 19.7 Å². The Morgan fingerprint density at radius 1 is 1.00 bits per heavy atom. The molecule has 0 saturated carbocycles. The number of anilines is 1. The molecular weight excluding hydrogens is 333 g/mol. The van der Waals surface area contributed by atoms with E-state index in [1.54, 1.807) is 12.1 Å². The second kappa shape index (κ2) is 8.86. The topological polar surface area (TPSA) is 42.5 Å². The number of nitrogens with one attached hydrogen (secondary N) is 2. The van der Waals surface area contributed by atoms with Gasteiger partial charge in [0.05, 0.1) is 6.67 Å². The van der Waals surface area contributed by atoms with Crippen molar-refractivity contribution in [2.24, 2.45) is 0 Å². The van der Waals surface area contributed by atoms with E-state index in [4.69, 9.17) is 4.74 Å². The first-order chi connectivity index (χ1) is 12.0. The molecule has 0 aliphatic heterocycles. The van der Waals surface area contributed by atoms with E-state index >= 15 is 0 Å². The summed E-state index contributed by atoms with van der Waals surface area (Å²) in [5, 5.41) is 6.27. The summed E-state index contributed by atoms with van der Waals surface area (Å²) in [5.74, 6) is 0.691. The van der Waals surface area contributed by atoms with Crippen molar-refractivity contribution in [1.29, 1.82) is 0 Å². The van der Waals surface area contributed by atoms with E-state index in [2.05, 4.69) is 15.4 Å². The summed E-state index contributed by atoms with van der Waals surface area (Å²) in [4.78, 5) is 0. The molecular formula is C18H19F3N2O2. The zero-order valence-corrected chi connectivity index (χ0v) is 13.6. The van der Waals surface area contributed by atoms with Crippen LogP contribution in [0.2, 0.25) is 0 Å². The molecule has 0 heterocycles. The van der Waals surface area contributed by atoms with Crippen molar-refractivity contribution >= 4 is 5.69 Å². The average Bonchev–Trinajstić information content (AvgIpc) is 2.56. The molecule has 25 heavy (non-hydrogen) atoms. The Morgan fingerprint density at radius 3 is 2.40 bits per heavy atom. The number of benzene rings is 2. The largest absolute Gasteiger partial charge is 0.573 e. The summed E-state index contributed by atoms with van der Waals surface area (Å²) in [6.07, 6.45) is 0.136. The number of halogens is 3. The SMILES string of the molecule is CC/C=C/NCNc1cccc(Oc2ccc(OC(F)(F)F)cc2)c1. The maximum atomic E-state index is 12.1.